The Bertz CT molecular complexity index is 632. The molecule has 0 bridgehead atoms. The number of carbonyl (C=O) groups excluding carboxylic acids is 1. The van der Waals surface area contributed by atoms with Gasteiger partial charge in [0.25, 0.3) is 0 Å². The molecular weight excluding hydrogens is 542 g/mol. The molecule has 2 unspecified atom stereocenters. The van der Waals surface area contributed by atoms with Crippen LogP contribution in [0.1, 0.15) is 206 Å². The first-order chi connectivity index (χ1) is 21.7. The molecule has 0 aromatic carbocycles. The standard InChI is InChI=1S/C40H77NO3/c1-3-5-7-9-11-13-15-17-18-19-20-21-22-24-26-28-30-32-34-36-40(44)41-38(37-42)39(43)35-33-31-29-27-25-23-16-14-12-10-8-6-4-2/h11,13,15,17,38-39,42-43H,3-10,12,14,16,18-37H2,1-2H3,(H,41,44)/b13-11-,17-15-. The Morgan fingerprint density at radius 3 is 1.36 bits per heavy atom. The van der Waals surface area contributed by atoms with Gasteiger partial charge < -0.3 is 15.5 Å². The van der Waals surface area contributed by atoms with Gasteiger partial charge in [-0.25, -0.2) is 0 Å². The number of aliphatic hydroxyl groups is 2. The van der Waals surface area contributed by atoms with Gasteiger partial charge in [0, 0.05) is 6.42 Å². The zero-order chi connectivity index (χ0) is 32.2. The maximum atomic E-state index is 12.3. The number of hydrogen-bond acceptors (Lipinski definition) is 3. The van der Waals surface area contributed by atoms with E-state index in [1.54, 1.807) is 0 Å². The fourth-order valence-corrected chi connectivity index (χ4v) is 5.94. The molecule has 260 valence electrons. The van der Waals surface area contributed by atoms with Gasteiger partial charge >= 0.3 is 0 Å². The maximum Gasteiger partial charge on any atom is 0.220 e. The van der Waals surface area contributed by atoms with Crippen molar-refractivity contribution < 1.29 is 15.0 Å². The molecular formula is C40H77NO3. The lowest BCUT2D eigenvalue weighted by atomic mass is 10.0. The second-order valence-electron chi connectivity index (χ2n) is 13.4. The van der Waals surface area contributed by atoms with Crippen LogP contribution in [0.15, 0.2) is 24.3 Å². The number of amides is 1. The third-order valence-corrected chi connectivity index (χ3v) is 8.99. The number of unbranched alkanes of at least 4 members (excludes halogenated alkanes) is 25. The summed E-state index contributed by atoms with van der Waals surface area (Å²) in [5.41, 5.74) is 0. The highest BCUT2D eigenvalue weighted by atomic mass is 16.3. The van der Waals surface area contributed by atoms with Crippen LogP contribution in [0.25, 0.3) is 0 Å². The lowest BCUT2D eigenvalue weighted by Crippen LogP contribution is -2.45. The van der Waals surface area contributed by atoms with E-state index in [-0.39, 0.29) is 12.5 Å². The van der Waals surface area contributed by atoms with Crippen LogP contribution in [-0.4, -0.2) is 34.9 Å². The summed E-state index contributed by atoms with van der Waals surface area (Å²) in [4.78, 5) is 12.3. The van der Waals surface area contributed by atoms with Crippen LogP contribution in [0.3, 0.4) is 0 Å². The number of carbonyl (C=O) groups is 1. The van der Waals surface area contributed by atoms with Crippen molar-refractivity contribution in [3.05, 3.63) is 24.3 Å². The van der Waals surface area contributed by atoms with Gasteiger partial charge in [-0.2, -0.15) is 0 Å². The molecule has 0 saturated carbocycles. The minimum Gasteiger partial charge on any atom is -0.394 e. The second kappa shape index (κ2) is 36.3. The number of allylic oxidation sites excluding steroid dienone is 4. The van der Waals surface area contributed by atoms with E-state index < -0.39 is 12.1 Å². The zero-order valence-corrected chi connectivity index (χ0v) is 29.7. The molecule has 1 amide bonds. The summed E-state index contributed by atoms with van der Waals surface area (Å²) >= 11 is 0. The molecule has 3 N–H and O–H groups in total. The third-order valence-electron chi connectivity index (χ3n) is 8.99. The highest BCUT2D eigenvalue weighted by Crippen LogP contribution is 2.15. The summed E-state index contributed by atoms with van der Waals surface area (Å²) in [6.45, 7) is 4.32. The fraction of sp³-hybridized carbons (Fsp3) is 0.875. The largest absolute Gasteiger partial charge is 0.394 e. The SMILES string of the molecule is CCCCC/C=C\C=C/CCCCCCCCCCCCC(=O)NC(CO)C(O)CCCCCCCCCCCCCCC. The summed E-state index contributed by atoms with van der Waals surface area (Å²) < 4.78 is 0. The smallest absolute Gasteiger partial charge is 0.220 e. The number of nitrogens with one attached hydrogen (secondary N) is 1. The topological polar surface area (TPSA) is 69.6 Å². The van der Waals surface area contributed by atoms with Gasteiger partial charge in [0.1, 0.15) is 0 Å². The Hall–Kier alpha value is -1.13. The van der Waals surface area contributed by atoms with Gasteiger partial charge in [0.15, 0.2) is 0 Å². The van der Waals surface area contributed by atoms with E-state index >= 15 is 0 Å². The van der Waals surface area contributed by atoms with E-state index in [1.165, 1.54) is 154 Å². The maximum absolute atomic E-state index is 12.3. The minimum atomic E-state index is -0.657. The predicted molar refractivity (Wildman–Crippen MR) is 193 cm³/mol. The normalized spacial score (nSPS) is 13.3. The highest BCUT2D eigenvalue weighted by Gasteiger charge is 2.19. The Morgan fingerprint density at radius 2 is 0.909 bits per heavy atom. The molecule has 0 fully saturated rings. The molecule has 0 saturated heterocycles. The molecule has 0 aliphatic rings. The van der Waals surface area contributed by atoms with Crippen molar-refractivity contribution in [1.29, 1.82) is 0 Å². The van der Waals surface area contributed by atoms with Crippen LogP contribution in [0.4, 0.5) is 0 Å². The monoisotopic (exact) mass is 620 g/mol. The summed E-state index contributed by atoms with van der Waals surface area (Å²) in [6.07, 6.45) is 45.2. The van der Waals surface area contributed by atoms with Crippen LogP contribution in [0.2, 0.25) is 0 Å². The van der Waals surface area contributed by atoms with Crippen molar-refractivity contribution >= 4 is 5.91 Å². The Kier molecular flexibility index (Phi) is 35.4. The summed E-state index contributed by atoms with van der Waals surface area (Å²) in [5, 5.41) is 23.1. The lowest BCUT2D eigenvalue weighted by Gasteiger charge is -2.22. The Balaban J connectivity index is 3.54. The van der Waals surface area contributed by atoms with E-state index in [0.717, 1.165) is 25.7 Å². The molecule has 0 aromatic rings. The van der Waals surface area contributed by atoms with Crippen molar-refractivity contribution in [3.8, 4) is 0 Å². The first-order valence-corrected chi connectivity index (χ1v) is 19.6. The minimum absolute atomic E-state index is 0.0358. The van der Waals surface area contributed by atoms with Crippen molar-refractivity contribution in [3.63, 3.8) is 0 Å². The molecule has 0 rings (SSSR count). The molecule has 44 heavy (non-hydrogen) atoms. The average Bonchev–Trinajstić information content (AvgIpc) is 3.03. The van der Waals surface area contributed by atoms with Crippen molar-refractivity contribution in [2.45, 2.75) is 219 Å². The predicted octanol–water partition coefficient (Wildman–Crippen LogP) is 11.7. The van der Waals surface area contributed by atoms with Gasteiger partial charge in [-0.05, 0) is 38.5 Å². The quantitative estimate of drug-likeness (QED) is 0.0488. The van der Waals surface area contributed by atoms with Crippen LogP contribution in [0, 0.1) is 0 Å². The molecule has 0 heterocycles. The van der Waals surface area contributed by atoms with E-state index in [9.17, 15) is 15.0 Å². The molecule has 4 heteroatoms. The summed E-state index contributed by atoms with van der Waals surface area (Å²) in [7, 11) is 0. The summed E-state index contributed by atoms with van der Waals surface area (Å²) in [5.74, 6) is -0.0358. The number of hydrogen-bond donors (Lipinski definition) is 3. The molecule has 0 aliphatic carbocycles. The summed E-state index contributed by atoms with van der Waals surface area (Å²) in [6, 6.07) is -0.534. The van der Waals surface area contributed by atoms with Crippen molar-refractivity contribution in [1.82, 2.24) is 5.32 Å². The first kappa shape index (κ1) is 42.9. The first-order valence-electron chi connectivity index (χ1n) is 19.6. The van der Waals surface area contributed by atoms with Gasteiger partial charge in [-0.3, -0.25) is 4.79 Å². The molecule has 0 spiro atoms. The number of rotatable bonds is 35. The van der Waals surface area contributed by atoms with Crippen LogP contribution < -0.4 is 5.32 Å². The van der Waals surface area contributed by atoms with Crippen molar-refractivity contribution in [2.75, 3.05) is 6.61 Å². The average molecular weight is 620 g/mol. The van der Waals surface area contributed by atoms with Crippen LogP contribution in [0.5, 0.6) is 0 Å². The van der Waals surface area contributed by atoms with Gasteiger partial charge in [-0.15, -0.1) is 0 Å². The molecule has 0 radical (unpaired) electrons. The van der Waals surface area contributed by atoms with Gasteiger partial charge in [-0.1, -0.05) is 186 Å². The number of aliphatic hydroxyl groups excluding tert-OH is 2. The van der Waals surface area contributed by atoms with Crippen LogP contribution in [-0.2, 0) is 4.79 Å². The Morgan fingerprint density at radius 1 is 0.545 bits per heavy atom. The molecule has 0 aliphatic heterocycles. The molecule has 2 atom stereocenters. The molecule has 0 aromatic heterocycles. The zero-order valence-electron chi connectivity index (χ0n) is 29.7. The van der Waals surface area contributed by atoms with E-state index in [2.05, 4.69) is 43.5 Å². The fourth-order valence-electron chi connectivity index (χ4n) is 5.94. The van der Waals surface area contributed by atoms with Gasteiger partial charge in [0.2, 0.25) is 5.91 Å². The van der Waals surface area contributed by atoms with Crippen LogP contribution >= 0.6 is 0 Å². The molecule has 4 nitrogen and oxygen atoms in total. The van der Waals surface area contributed by atoms with Gasteiger partial charge in [0.05, 0.1) is 18.8 Å². The van der Waals surface area contributed by atoms with E-state index in [0.29, 0.717) is 12.8 Å². The van der Waals surface area contributed by atoms with Crippen molar-refractivity contribution in [2.24, 2.45) is 0 Å². The van der Waals surface area contributed by atoms with E-state index in [1.807, 2.05) is 0 Å². The van der Waals surface area contributed by atoms with E-state index in [4.69, 9.17) is 0 Å². The second-order valence-corrected chi connectivity index (χ2v) is 13.4. The highest BCUT2D eigenvalue weighted by molar-refractivity contribution is 5.76. The third kappa shape index (κ3) is 32.3. The Labute approximate surface area is 275 Å². The lowest BCUT2D eigenvalue weighted by molar-refractivity contribution is -0.123.